The van der Waals surface area contributed by atoms with Crippen molar-refractivity contribution in [1.82, 2.24) is 0 Å². The first-order valence-corrected chi connectivity index (χ1v) is 3.34. The molecule has 0 heterocycles. The van der Waals surface area contributed by atoms with E-state index in [2.05, 4.69) is 0 Å². The van der Waals surface area contributed by atoms with Gasteiger partial charge in [-0.05, 0) is 12.8 Å². The average molecular weight is 153 g/mol. The first-order chi connectivity index (χ1) is 4.52. The van der Waals surface area contributed by atoms with Crippen molar-refractivity contribution < 1.29 is 13.2 Å². The molecule has 2 atom stereocenters. The molecule has 0 unspecified atom stereocenters. The summed E-state index contributed by atoms with van der Waals surface area (Å²) in [6.45, 7) is 0. The summed E-state index contributed by atoms with van der Waals surface area (Å²) in [6, 6.07) is -0.653. The van der Waals surface area contributed by atoms with Crippen molar-refractivity contribution in [2.75, 3.05) is 0 Å². The van der Waals surface area contributed by atoms with Gasteiger partial charge in [0.25, 0.3) is 0 Å². The molecule has 1 nitrogen and oxygen atoms in total. The third kappa shape index (κ3) is 1.42. The highest BCUT2D eigenvalue weighted by molar-refractivity contribution is 4.84. The second-order valence-electron chi connectivity index (χ2n) is 2.74. The Labute approximate surface area is 57.4 Å². The molecule has 0 aliphatic heterocycles. The highest BCUT2D eigenvalue weighted by Crippen LogP contribution is 2.37. The number of nitrogens with two attached hydrogens (primary N) is 1. The normalized spacial score (nSPS) is 34.8. The van der Waals surface area contributed by atoms with Gasteiger partial charge >= 0.3 is 6.18 Å². The molecule has 0 amide bonds. The summed E-state index contributed by atoms with van der Waals surface area (Å²) in [6.07, 6.45) is -2.73. The quantitative estimate of drug-likeness (QED) is 0.563. The number of alkyl halides is 3. The van der Waals surface area contributed by atoms with Crippen LogP contribution in [0.4, 0.5) is 13.2 Å². The van der Waals surface area contributed by atoms with Gasteiger partial charge in [0, 0.05) is 6.04 Å². The van der Waals surface area contributed by atoms with Crippen LogP contribution < -0.4 is 5.73 Å². The van der Waals surface area contributed by atoms with Gasteiger partial charge in [-0.1, -0.05) is 6.42 Å². The van der Waals surface area contributed by atoms with Crippen molar-refractivity contribution in [3.8, 4) is 0 Å². The van der Waals surface area contributed by atoms with Crippen molar-refractivity contribution in [1.29, 1.82) is 0 Å². The zero-order valence-corrected chi connectivity index (χ0v) is 5.49. The number of hydrogen-bond acceptors (Lipinski definition) is 1. The summed E-state index contributed by atoms with van der Waals surface area (Å²) < 4.78 is 35.8. The third-order valence-electron chi connectivity index (χ3n) is 1.99. The SMILES string of the molecule is N[C@@H]1CCC[C@@H]1C(F)(F)F. The molecule has 0 aromatic heterocycles. The first-order valence-electron chi connectivity index (χ1n) is 3.34. The second kappa shape index (κ2) is 2.42. The lowest BCUT2D eigenvalue weighted by Gasteiger charge is -2.18. The molecule has 1 fully saturated rings. The van der Waals surface area contributed by atoms with E-state index in [0.29, 0.717) is 12.8 Å². The van der Waals surface area contributed by atoms with E-state index < -0.39 is 18.1 Å². The summed E-state index contributed by atoms with van der Waals surface area (Å²) in [5.41, 5.74) is 5.25. The van der Waals surface area contributed by atoms with Gasteiger partial charge in [0.05, 0.1) is 5.92 Å². The maximum absolute atomic E-state index is 11.9. The fourth-order valence-corrected chi connectivity index (χ4v) is 1.40. The van der Waals surface area contributed by atoms with E-state index in [1.165, 1.54) is 0 Å². The summed E-state index contributed by atoms with van der Waals surface area (Å²) in [7, 11) is 0. The molecule has 0 aromatic carbocycles. The molecule has 0 aromatic rings. The first kappa shape index (κ1) is 7.85. The zero-order chi connectivity index (χ0) is 7.78. The van der Waals surface area contributed by atoms with Crippen LogP contribution in [0.25, 0.3) is 0 Å². The Morgan fingerprint density at radius 1 is 1.20 bits per heavy atom. The number of halogens is 3. The van der Waals surface area contributed by atoms with Crippen molar-refractivity contribution in [3.05, 3.63) is 0 Å². The van der Waals surface area contributed by atoms with Gasteiger partial charge < -0.3 is 5.73 Å². The molecule has 0 bridgehead atoms. The Balaban J connectivity index is 2.55. The predicted molar refractivity (Wildman–Crippen MR) is 31.4 cm³/mol. The standard InChI is InChI=1S/C6H10F3N/c7-6(8,9)4-2-1-3-5(4)10/h4-5H,1-3,10H2/t4-,5+/m0/s1. The summed E-state index contributed by atoms with van der Waals surface area (Å²) in [4.78, 5) is 0. The monoisotopic (exact) mass is 153 g/mol. The maximum atomic E-state index is 11.9. The van der Waals surface area contributed by atoms with Crippen molar-refractivity contribution in [2.45, 2.75) is 31.5 Å². The Morgan fingerprint density at radius 3 is 2.00 bits per heavy atom. The minimum absolute atomic E-state index is 0.213. The lowest BCUT2D eigenvalue weighted by Crippen LogP contribution is -2.35. The Bertz CT molecular complexity index is 121. The highest BCUT2D eigenvalue weighted by atomic mass is 19.4. The lowest BCUT2D eigenvalue weighted by molar-refractivity contribution is -0.175. The van der Waals surface area contributed by atoms with Gasteiger partial charge in [-0.25, -0.2) is 0 Å². The van der Waals surface area contributed by atoms with Gasteiger partial charge in [-0.3, -0.25) is 0 Å². The van der Waals surface area contributed by atoms with Crippen molar-refractivity contribution in [2.24, 2.45) is 11.7 Å². The fourth-order valence-electron chi connectivity index (χ4n) is 1.40. The molecule has 0 radical (unpaired) electrons. The third-order valence-corrected chi connectivity index (χ3v) is 1.99. The molecule has 2 N–H and O–H groups in total. The molecular formula is C6H10F3N. The second-order valence-corrected chi connectivity index (χ2v) is 2.74. The van der Waals surface area contributed by atoms with Crippen LogP contribution in [0.3, 0.4) is 0 Å². The molecule has 1 aliphatic rings. The van der Waals surface area contributed by atoms with Gasteiger partial charge in [0.15, 0.2) is 0 Å². The van der Waals surface area contributed by atoms with E-state index in [1.807, 2.05) is 0 Å². The molecular weight excluding hydrogens is 143 g/mol. The number of rotatable bonds is 0. The van der Waals surface area contributed by atoms with E-state index in [9.17, 15) is 13.2 Å². The van der Waals surface area contributed by atoms with Crippen LogP contribution in [0, 0.1) is 5.92 Å². The summed E-state index contributed by atoms with van der Waals surface area (Å²) in [5, 5.41) is 0. The number of hydrogen-bond donors (Lipinski definition) is 1. The Hall–Kier alpha value is -0.250. The maximum Gasteiger partial charge on any atom is 0.393 e. The molecule has 0 saturated heterocycles. The topological polar surface area (TPSA) is 26.0 Å². The minimum Gasteiger partial charge on any atom is -0.327 e. The van der Waals surface area contributed by atoms with E-state index in [0.717, 1.165) is 0 Å². The van der Waals surface area contributed by atoms with Crippen LogP contribution in [-0.4, -0.2) is 12.2 Å². The zero-order valence-electron chi connectivity index (χ0n) is 5.49. The Kier molecular flexibility index (Phi) is 1.90. The van der Waals surface area contributed by atoms with Crippen LogP contribution in [0.2, 0.25) is 0 Å². The van der Waals surface area contributed by atoms with Crippen molar-refractivity contribution >= 4 is 0 Å². The average Bonchev–Trinajstić information content (AvgIpc) is 2.11. The van der Waals surface area contributed by atoms with Gasteiger partial charge in [-0.2, -0.15) is 13.2 Å². The van der Waals surface area contributed by atoms with Crippen molar-refractivity contribution in [3.63, 3.8) is 0 Å². The van der Waals surface area contributed by atoms with Crippen LogP contribution in [-0.2, 0) is 0 Å². The highest BCUT2D eigenvalue weighted by Gasteiger charge is 2.45. The van der Waals surface area contributed by atoms with Crippen LogP contribution in [0.15, 0.2) is 0 Å². The molecule has 4 heteroatoms. The molecule has 60 valence electrons. The van der Waals surface area contributed by atoms with Crippen LogP contribution in [0.1, 0.15) is 19.3 Å². The van der Waals surface area contributed by atoms with E-state index >= 15 is 0 Å². The van der Waals surface area contributed by atoms with E-state index in [-0.39, 0.29) is 6.42 Å². The Morgan fingerprint density at radius 2 is 1.80 bits per heavy atom. The lowest BCUT2D eigenvalue weighted by atomic mass is 10.0. The molecule has 1 aliphatic carbocycles. The minimum atomic E-state index is -4.07. The van der Waals surface area contributed by atoms with Crippen LogP contribution in [0.5, 0.6) is 0 Å². The van der Waals surface area contributed by atoms with Crippen LogP contribution >= 0.6 is 0 Å². The summed E-state index contributed by atoms with van der Waals surface area (Å²) >= 11 is 0. The summed E-state index contributed by atoms with van der Waals surface area (Å²) in [5.74, 6) is -1.24. The van der Waals surface area contributed by atoms with E-state index in [4.69, 9.17) is 5.73 Å². The largest absolute Gasteiger partial charge is 0.393 e. The van der Waals surface area contributed by atoms with E-state index in [1.54, 1.807) is 0 Å². The van der Waals surface area contributed by atoms with Gasteiger partial charge in [0.2, 0.25) is 0 Å². The molecule has 0 spiro atoms. The predicted octanol–water partition coefficient (Wildman–Crippen LogP) is 1.68. The fraction of sp³-hybridized carbons (Fsp3) is 1.00. The smallest absolute Gasteiger partial charge is 0.327 e. The van der Waals surface area contributed by atoms with Gasteiger partial charge in [-0.15, -0.1) is 0 Å². The molecule has 1 rings (SSSR count). The van der Waals surface area contributed by atoms with Gasteiger partial charge in [0.1, 0.15) is 0 Å². The molecule has 1 saturated carbocycles. The molecule has 10 heavy (non-hydrogen) atoms.